The first-order chi connectivity index (χ1) is 22.3. The molecule has 5 fully saturated rings. The number of carbonyl (C=O) groups is 2. The molecule has 5 saturated carbocycles. The fraction of sp³-hybridized carbons (Fsp3) is 0.625. The SMILES string of the molecule is C=C(N(C)C=N)C1(c2cccc(C3CC3C(=O)C3=CC(CC4CC4CC(CC)CC)=CC4(CC(F)(F)F)CC4C3=O)c2)CC2(CC2)C1. The fourth-order valence-corrected chi connectivity index (χ4v) is 9.69. The molecule has 0 aliphatic heterocycles. The minimum Gasteiger partial charge on any atom is -0.339 e. The van der Waals surface area contributed by atoms with Crippen molar-refractivity contribution in [1.29, 1.82) is 5.41 Å². The maximum atomic E-state index is 14.1. The molecule has 1 spiro atoms. The zero-order chi connectivity index (χ0) is 33.5. The van der Waals surface area contributed by atoms with E-state index in [2.05, 4.69) is 38.6 Å². The van der Waals surface area contributed by atoms with Crippen LogP contribution in [0.15, 0.2) is 59.8 Å². The summed E-state index contributed by atoms with van der Waals surface area (Å²) in [4.78, 5) is 29.7. The smallest absolute Gasteiger partial charge is 0.339 e. The maximum Gasteiger partial charge on any atom is 0.389 e. The molecular weight excluding hydrogens is 597 g/mol. The van der Waals surface area contributed by atoms with Crippen LogP contribution in [-0.2, 0) is 15.0 Å². The van der Waals surface area contributed by atoms with Crippen LogP contribution in [0.1, 0.15) is 108 Å². The quantitative estimate of drug-likeness (QED) is 0.124. The summed E-state index contributed by atoms with van der Waals surface area (Å²) in [7, 11) is 1.87. The van der Waals surface area contributed by atoms with Crippen LogP contribution in [-0.4, -0.2) is 36.0 Å². The molecule has 0 saturated heterocycles. The Morgan fingerprint density at radius 2 is 1.87 bits per heavy atom. The molecule has 4 nitrogen and oxygen atoms in total. The van der Waals surface area contributed by atoms with Crippen LogP contribution in [0.2, 0.25) is 0 Å². The summed E-state index contributed by atoms with van der Waals surface area (Å²) in [6.07, 6.45) is 9.83. The largest absolute Gasteiger partial charge is 0.389 e. The van der Waals surface area contributed by atoms with Crippen molar-refractivity contribution in [3.05, 3.63) is 71.0 Å². The lowest BCUT2D eigenvalue weighted by Crippen LogP contribution is -2.47. The summed E-state index contributed by atoms with van der Waals surface area (Å²) in [5.74, 6) is -0.0397. The van der Waals surface area contributed by atoms with Gasteiger partial charge < -0.3 is 4.90 Å². The van der Waals surface area contributed by atoms with Gasteiger partial charge in [-0.3, -0.25) is 15.0 Å². The van der Waals surface area contributed by atoms with E-state index in [4.69, 9.17) is 5.41 Å². The van der Waals surface area contributed by atoms with Crippen molar-refractivity contribution in [2.45, 2.75) is 108 Å². The van der Waals surface area contributed by atoms with Gasteiger partial charge in [0.1, 0.15) is 0 Å². The van der Waals surface area contributed by atoms with Gasteiger partial charge in [-0.2, -0.15) is 13.2 Å². The molecule has 6 aliphatic rings. The van der Waals surface area contributed by atoms with E-state index < -0.39 is 23.9 Å². The molecule has 0 radical (unpaired) electrons. The molecule has 6 unspecified atom stereocenters. The van der Waals surface area contributed by atoms with Crippen molar-refractivity contribution in [1.82, 2.24) is 4.90 Å². The highest BCUT2D eigenvalue weighted by atomic mass is 19.4. The van der Waals surface area contributed by atoms with Crippen molar-refractivity contribution >= 4 is 17.9 Å². The molecule has 1 N–H and O–H groups in total. The number of Topliss-reactive ketones (excluding diaryl/α,β-unsaturated/α-hetero) is 2. The Kier molecular flexibility index (Phi) is 7.83. The molecule has 0 bridgehead atoms. The van der Waals surface area contributed by atoms with Gasteiger partial charge in [0, 0.05) is 35.4 Å². The molecule has 252 valence electrons. The number of rotatable bonds is 14. The summed E-state index contributed by atoms with van der Waals surface area (Å²) < 4.78 is 41.3. The zero-order valence-electron chi connectivity index (χ0n) is 28.1. The number of allylic oxidation sites excluding steroid dienone is 5. The van der Waals surface area contributed by atoms with Gasteiger partial charge in [0.25, 0.3) is 0 Å². The molecule has 0 aromatic heterocycles. The number of carbonyl (C=O) groups excluding carboxylic acids is 2. The predicted octanol–water partition coefficient (Wildman–Crippen LogP) is 9.47. The van der Waals surface area contributed by atoms with Crippen LogP contribution < -0.4 is 0 Å². The summed E-state index contributed by atoms with van der Waals surface area (Å²) in [5, 5.41) is 7.81. The van der Waals surface area contributed by atoms with E-state index in [1.54, 1.807) is 17.1 Å². The van der Waals surface area contributed by atoms with Crippen LogP contribution >= 0.6 is 0 Å². The van der Waals surface area contributed by atoms with E-state index in [9.17, 15) is 22.8 Å². The van der Waals surface area contributed by atoms with Crippen molar-refractivity contribution in [2.75, 3.05) is 7.05 Å². The number of alkyl halides is 3. The van der Waals surface area contributed by atoms with Crippen LogP contribution in [0, 0.1) is 45.8 Å². The van der Waals surface area contributed by atoms with Crippen LogP contribution in [0.3, 0.4) is 0 Å². The van der Waals surface area contributed by atoms with Crippen molar-refractivity contribution in [2.24, 2.45) is 40.4 Å². The highest BCUT2D eigenvalue weighted by Gasteiger charge is 2.64. The second kappa shape index (κ2) is 11.3. The number of hydrogen-bond acceptors (Lipinski definition) is 3. The summed E-state index contributed by atoms with van der Waals surface area (Å²) in [5.41, 5.74) is 3.02. The van der Waals surface area contributed by atoms with Gasteiger partial charge >= 0.3 is 6.18 Å². The third-order valence-electron chi connectivity index (χ3n) is 13.1. The molecule has 0 heterocycles. The molecule has 1 aromatic carbocycles. The lowest BCUT2D eigenvalue weighted by Gasteiger charge is -2.52. The number of nitrogens with zero attached hydrogens (tertiary/aromatic N) is 1. The molecule has 6 atom stereocenters. The average molecular weight is 647 g/mol. The van der Waals surface area contributed by atoms with Crippen molar-refractivity contribution < 1.29 is 22.8 Å². The number of likely N-dealkylation sites (N-methyl/N-ethyl adjacent to an activating group) is 1. The number of ketones is 2. The van der Waals surface area contributed by atoms with Crippen LogP contribution in [0.5, 0.6) is 0 Å². The maximum absolute atomic E-state index is 14.1. The Labute approximate surface area is 277 Å². The number of hydrogen-bond donors (Lipinski definition) is 1. The Morgan fingerprint density at radius 3 is 2.51 bits per heavy atom. The first-order valence-electron chi connectivity index (χ1n) is 17.9. The standard InChI is InChI=1S/C40H49F3N2O2/c1-5-25(6-2)12-28-15-29(28)13-26-14-33(36(47)34-19-38(34,18-26)22-40(41,42)43)35(46)32-17-31(32)27-8-7-9-30(16-27)39(24(3)45(4)23-44)20-37(21-39)10-11-37/h7-9,14,16,18,23,25,28-29,31-32,34,44H,3,5-6,10-13,15,17,19-22H2,1-2,4H3. The van der Waals surface area contributed by atoms with Crippen LogP contribution in [0.25, 0.3) is 0 Å². The molecule has 6 aliphatic carbocycles. The Balaban J connectivity index is 1.10. The fourth-order valence-electron chi connectivity index (χ4n) is 9.69. The number of nitrogens with one attached hydrogen (secondary N) is 1. The van der Waals surface area contributed by atoms with Crippen LogP contribution in [0.4, 0.5) is 13.2 Å². The first-order valence-corrected chi connectivity index (χ1v) is 17.9. The van der Waals surface area contributed by atoms with Crippen molar-refractivity contribution in [3.63, 3.8) is 0 Å². The second-order valence-corrected chi connectivity index (χ2v) is 16.4. The van der Waals surface area contributed by atoms with E-state index in [1.165, 1.54) is 24.7 Å². The Bertz CT molecular complexity index is 1550. The molecular formula is C40H49F3N2O2. The normalized spacial score (nSPS) is 32.4. The average Bonchev–Trinajstić information content (AvgIpc) is 3.84. The van der Waals surface area contributed by atoms with E-state index in [0.717, 1.165) is 55.4 Å². The van der Waals surface area contributed by atoms with Crippen molar-refractivity contribution in [3.8, 4) is 0 Å². The second-order valence-electron chi connectivity index (χ2n) is 16.4. The summed E-state index contributed by atoms with van der Waals surface area (Å²) in [6.45, 7) is 8.82. The number of fused-ring (bicyclic) bond motifs is 1. The molecule has 47 heavy (non-hydrogen) atoms. The molecule has 0 amide bonds. The molecule has 7 heteroatoms. The van der Waals surface area contributed by atoms with Gasteiger partial charge in [-0.15, -0.1) is 0 Å². The predicted molar refractivity (Wildman–Crippen MR) is 178 cm³/mol. The number of benzene rings is 1. The topological polar surface area (TPSA) is 61.2 Å². The Hall–Kier alpha value is -2.96. The third kappa shape index (κ3) is 5.99. The first kappa shape index (κ1) is 32.6. The van der Waals surface area contributed by atoms with Gasteiger partial charge in [0.15, 0.2) is 11.6 Å². The monoisotopic (exact) mass is 646 g/mol. The van der Waals surface area contributed by atoms with Gasteiger partial charge in [0.05, 0.1) is 18.3 Å². The van der Waals surface area contributed by atoms with E-state index in [-0.39, 0.29) is 40.8 Å². The summed E-state index contributed by atoms with van der Waals surface area (Å²) >= 11 is 0. The van der Waals surface area contributed by atoms with E-state index in [1.807, 2.05) is 13.1 Å². The Morgan fingerprint density at radius 1 is 1.15 bits per heavy atom. The molecule has 7 rings (SSSR count). The highest BCUT2D eigenvalue weighted by molar-refractivity contribution is 6.24. The third-order valence-corrected chi connectivity index (χ3v) is 13.1. The molecule has 1 aromatic rings. The van der Waals surface area contributed by atoms with Gasteiger partial charge in [-0.05, 0) is 104 Å². The minimum atomic E-state index is -4.37. The van der Waals surface area contributed by atoms with E-state index in [0.29, 0.717) is 36.0 Å². The minimum absolute atomic E-state index is 0.0143. The summed E-state index contributed by atoms with van der Waals surface area (Å²) in [6, 6.07) is 8.44. The van der Waals surface area contributed by atoms with Gasteiger partial charge in [-0.25, -0.2) is 0 Å². The van der Waals surface area contributed by atoms with Gasteiger partial charge in [-0.1, -0.05) is 69.2 Å². The lowest BCUT2D eigenvalue weighted by atomic mass is 9.54. The zero-order valence-corrected chi connectivity index (χ0v) is 28.1. The lowest BCUT2D eigenvalue weighted by molar-refractivity contribution is -0.145. The number of halogens is 3. The van der Waals surface area contributed by atoms with Gasteiger partial charge in [0.2, 0.25) is 0 Å². The van der Waals surface area contributed by atoms with E-state index >= 15 is 0 Å². The highest BCUT2D eigenvalue weighted by Crippen LogP contribution is 2.71.